The van der Waals surface area contributed by atoms with Gasteiger partial charge in [-0.05, 0) is 45.9 Å². The van der Waals surface area contributed by atoms with Crippen LogP contribution in [0, 0.1) is 6.92 Å². The summed E-state index contributed by atoms with van der Waals surface area (Å²) in [5.41, 5.74) is 0.604. The molecule has 1 aromatic carbocycles. The smallest absolute Gasteiger partial charge is 0.338 e. The first-order chi connectivity index (χ1) is 14.6. The highest BCUT2D eigenvalue weighted by atomic mass is 32.2. The third-order valence-corrected chi connectivity index (χ3v) is 6.45. The highest BCUT2D eigenvalue weighted by molar-refractivity contribution is 7.89. The number of aromatic nitrogens is 1. The van der Waals surface area contributed by atoms with E-state index >= 15 is 0 Å². The van der Waals surface area contributed by atoms with E-state index in [4.69, 9.17) is 14.0 Å². The molecule has 1 aliphatic heterocycles. The van der Waals surface area contributed by atoms with Crippen LogP contribution in [-0.2, 0) is 24.3 Å². The minimum atomic E-state index is -3.82. The maximum Gasteiger partial charge on any atom is 0.338 e. The highest BCUT2D eigenvalue weighted by Crippen LogP contribution is 2.22. The summed E-state index contributed by atoms with van der Waals surface area (Å²) < 4.78 is 43.1. The van der Waals surface area contributed by atoms with Crippen molar-refractivity contribution in [3.8, 4) is 0 Å². The lowest BCUT2D eigenvalue weighted by Gasteiger charge is -2.34. The van der Waals surface area contributed by atoms with E-state index in [1.807, 2.05) is 0 Å². The second-order valence-corrected chi connectivity index (χ2v) is 9.41. The summed E-state index contributed by atoms with van der Waals surface area (Å²) in [6.45, 7) is 7.14. The number of rotatable bonds is 6. The van der Waals surface area contributed by atoms with Gasteiger partial charge in [-0.1, -0.05) is 11.2 Å². The van der Waals surface area contributed by atoms with Crippen LogP contribution in [0.5, 0.6) is 0 Å². The molecule has 0 bridgehead atoms. The lowest BCUT2D eigenvalue weighted by atomic mass is 10.2. The Morgan fingerprint density at radius 1 is 1.23 bits per heavy atom. The summed E-state index contributed by atoms with van der Waals surface area (Å²) >= 11 is 0. The van der Waals surface area contributed by atoms with E-state index < -0.39 is 28.0 Å². The van der Waals surface area contributed by atoms with Gasteiger partial charge >= 0.3 is 5.97 Å². The largest absolute Gasteiger partial charge is 0.449 e. The van der Waals surface area contributed by atoms with Gasteiger partial charge in [-0.15, -0.1) is 0 Å². The van der Waals surface area contributed by atoms with Crippen LogP contribution in [0.15, 0.2) is 39.8 Å². The number of nitrogens with one attached hydrogen (secondary N) is 1. The maximum atomic E-state index is 13.0. The van der Waals surface area contributed by atoms with E-state index in [1.165, 1.54) is 41.6 Å². The zero-order chi connectivity index (χ0) is 22.8. The summed E-state index contributed by atoms with van der Waals surface area (Å²) in [5.74, 6) is -1.30. The van der Waals surface area contributed by atoms with Crippen LogP contribution >= 0.6 is 0 Å². The average molecular weight is 452 g/mol. The quantitative estimate of drug-likeness (QED) is 0.660. The van der Waals surface area contributed by atoms with Crippen LogP contribution in [0.25, 0.3) is 0 Å². The zero-order valence-electron chi connectivity index (χ0n) is 17.7. The molecule has 1 N–H and O–H groups in total. The Hall–Kier alpha value is -2.76. The Bertz CT molecular complexity index is 1060. The van der Waals surface area contributed by atoms with Crippen molar-refractivity contribution in [3.05, 3.63) is 41.6 Å². The van der Waals surface area contributed by atoms with Gasteiger partial charge in [0.05, 0.1) is 28.4 Å². The van der Waals surface area contributed by atoms with Crippen molar-refractivity contribution >= 4 is 27.8 Å². The van der Waals surface area contributed by atoms with Crippen LogP contribution in [0.2, 0.25) is 0 Å². The molecule has 1 amide bonds. The van der Waals surface area contributed by atoms with Gasteiger partial charge in [0.25, 0.3) is 5.91 Å². The van der Waals surface area contributed by atoms with Gasteiger partial charge in [0, 0.05) is 19.2 Å². The number of carbonyl (C=O) groups is 2. The van der Waals surface area contributed by atoms with E-state index in [2.05, 4.69) is 10.5 Å². The Labute approximate surface area is 180 Å². The van der Waals surface area contributed by atoms with Crippen molar-refractivity contribution in [1.29, 1.82) is 0 Å². The van der Waals surface area contributed by atoms with Crippen LogP contribution in [-0.4, -0.2) is 61.2 Å². The number of benzene rings is 1. The number of amides is 1. The molecule has 0 radical (unpaired) electrons. The molecular formula is C20H25N3O7S. The van der Waals surface area contributed by atoms with Crippen molar-refractivity contribution in [1.82, 2.24) is 9.46 Å². The number of hydrogen-bond donors (Lipinski definition) is 1. The fourth-order valence-electron chi connectivity index (χ4n) is 3.19. The van der Waals surface area contributed by atoms with E-state index in [0.717, 1.165) is 0 Å². The minimum Gasteiger partial charge on any atom is -0.449 e. The van der Waals surface area contributed by atoms with Crippen molar-refractivity contribution in [2.24, 2.45) is 0 Å². The first-order valence-electron chi connectivity index (χ1n) is 9.77. The van der Waals surface area contributed by atoms with Crippen molar-refractivity contribution in [2.45, 2.75) is 50.9 Å². The molecule has 3 rings (SSSR count). The first-order valence-corrected chi connectivity index (χ1v) is 11.2. The number of anilines is 1. The summed E-state index contributed by atoms with van der Waals surface area (Å²) in [7, 11) is -3.82. The topological polar surface area (TPSA) is 128 Å². The normalized spacial score (nSPS) is 20.8. The highest BCUT2D eigenvalue weighted by Gasteiger charge is 2.32. The maximum absolute atomic E-state index is 13.0. The zero-order valence-corrected chi connectivity index (χ0v) is 18.5. The predicted molar refractivity (Wildman–Crippen MR) is 110 cm³/mol. The molecule has 0 unspecified atom stereocenters. The SMILES string of the molecule is Cc1cc(NC(=O)[C@H](C)OC(=O)c2cccc(S(=O)(=O)N3C[C@@H](C)O[C@@H](C)C3)c2)on1. The number of esters is 1. The van der Waals surface area contributed by atoms with Crippen LogP contribution in [0.4, 0.5) is 5.88 Å². The average Bonchev–Trinajstić information content (AvgIpc) is 3.11. The van der Waals surface area contributed by atoms with Crippen LogP contribution in [0.1, 0.15) is 36.8 Å². The second kappa shape index (κ2) is 9.16. The van der Waals surface area contributed by atoms with Gasteiger partial charge in [-0.25, -0.2) is 13.2 Å². The van der Waals surface area contributed by atoms with Crippen molar-refractivity contribution < 1.29 is 32.0 Å². The molecule has 10 nitrogen and oxygen atoms in total. The first kappa shape index (κ1) is 22.9. The Morgan fingerprint density at radius 2 is 1.90 bits per heavy atom. The van der Waals surface area contributed by atoms with E-state index in [0.29, 0.717) is 5.69 Å². The number of carbonyl (C=O) groups excluding carboxylic acids is 2. The Morgan fingerprint density at radius 3 is 2.52 bits per heavy atom. The Balaban J connectivity index is 1.70. The van der Waals surface area contributed by atoms with Gasteiger partial charge in [-0.3, -0.25) is 10.1 Å². The number of ether oxygens (including phenoxy) is 2. The van der Waals surface area contributed by atoms with E-state index in [-0.39, 0.29) is 41.6 Å². The summed E-state index contributed by atoms with van der Waals surface area (Å²) in [6.07, 6.45) is -1.61. The molecule has 0 spiro atoms. The number of hydrogen-bond acceptors (Lipinski definition) is 8. The molecule has 0 saturated carbocycles. The van der Waals surface area contributed by atoms with Gasteiger partial charge in [-0.2, -0.15) is 4.31 Å². The molecule has 1 aliphatic rings. The fraction of sp³-hybridized carbons (Fsp3) is 0.450. The predicted octanol–water partition coefficient (Wildman–Crippen LogP) is 1.96. The molecule has 2 aromatic rings. The summed E-state index contributed by atoms with van der Waals surface area (Å²) in [5, 5.41) is 6.10. The van der Waals surface area contributed by atoms with Crippen LogP contribution < -0.4 is 5.32 Å². The van der Waals surface area contributed by atoms with E-state index in [9.17, 15) is 18.0 Å². The molecule has 0 aliphatic carbocycles. The molecule has 1 fully saturated rings. The lowest BCUT2D eigenvalue weighted by molar-refractivity contribution is -0.123. The summed E-state index contributed by atoms with van der Waals surface area (Å²) in [6, 6.07) is 7.06. The molecule has 168 valence electrons. The number of aryl methyl sites for hydroxylation is 1. The standard InChI is InChI=1S/C20H25N3O7S/c1-12-8-18(30-22-12)21-19(24)15(4)29-20(25)16-6-5-7-17(9-16)31(26,27)23-10-13(2)28-14(3)11-23/h5-9,13-15H,10-11H2,1-4H3,(H,21,24)/t13-,14+,15-/m0/s1. The third kappa shape index (κ3) is 5.49. The Kier molecular flexibility index (Phi) is 6.77. The van der Waals surface area contributed by atoms with Gasteiger partial charge < -0.3 is 14.0 Å². The fourth-order valence-corrected chi connectivity index (χ4v) is 4.82. The number of morpholine rings is 1. The molecule has 3 atom stereocenters. The van der Waals surface area contributed by atoms with Gasteiger partial charge in [0.1, 0.15) is 0 Å². The van der Waals surface area contributed by atoms with Crippen LogP contribution in [0.3, 0.4) is 0 Å². The minimum absolute atomic E-state index is 0.0191. The molecule has 1 saturated heterocycles. The molecule has 31 heavy (non-hydrogen) atoms. The molecule has 11 heteroatoms. The van der Waals surface area contributed by atoms with Gasteiger partial charge in [0.2, 0.25) is 15.9 Å². The second-order valence-electron chi connectivity index (χ2n) is 7.48. The summed E-state index contributed by atoms with van der Waals surface area (Å²) in [4.78, 5) is 24.7. The van der Waals surface area contributed by atoms with Crippen molar-refractivity contribution in [2.75, 3.05) is 18.4 Å². The van der Waals surface area contributed by atoms with Crippen molar-refractivity contribution in [3.63, 3.8) is 0 Å². The molecule has 1 aromatic heterocycles. The third-order valence-electron chi connectivity index (χ3n) is 4.62. The molecule has 2 heterocycles. The lowest BCUT2D eigenvalue weighted by Crippen LogP contribution is -2.48. The number of nitrogens with zero attached hydrogens (tertiary/aromatic N) is 2. The number of sulfonamides is 1. The van der Waals surface area contributed by atoms with E-state index in [1.54, 1.807) is 20.8 Å². The molecular weight excluding hydrogens is 426 g/mol. The van der Waals surface area contributed by atoms with Gasteiger partial charge in [0.15, 0.2) is 6.10 Å². The monoisotopic (exact) mass is 451 g/mol.